The van der Waals surface area contributed by atoms with E-state index in [2.05, 4.69) is 36.3 Å². The van der Waals surface area contributed by atoms with Crippen LogP contribution in [0.5, 0.6) is 0 Å². The van der Waals surface area contributed by atoms with Crippen molar-refractivity contribution in [3.8, 4) is 11.4 Å². The Morgan fingerprint density at radius 3 is 2.74 bits per heavy atom. The van der Waals surface area contributed by atoms with E-state index in [-0.39, 0.29) is 5.54 Å². The van der Waals surface area contributed by atoms with Gasteiger partial charge in [-0.1, -0.05) is 19.4 Å². The Labute approximate surface area is 113 Å². The van der Waals surface area contributed by atoms with Crippen molar-refractivity contribution < 1.29 is 0 Å². The third-order valence-electron chi connectivity index (χ3n) is 3.41. The molecular formula is C14H21N5. The second kappa shape index (κ2) is 4.99. The zero-order valence-electron chi connectivity index (χ0n) is 12.0. The van der Waals surface area contributed by atoms with E-state index >= 15 is 0 Å². The molecule has 2 rings (SSSR count). The molecule has 0 aliphatic rings. The van der Waals surface area contributed by atoms with Crippen molar-refractivity contribution >= 4 is 5.69 Å². The fraction of sp³-hybridized carbons (Fsp3) is 0.500. The van der Waals surface area contributed by atoms with E-state index in [0.717, 1.165) is 35.5 Å². The number of aryl methyl sites for hydroxylation is 1. The number of aromatic nitrogens is 4. The second-order valence-corrected chi connectivity index (χ2v) is 5.55. The summed E-state index contributed by atoms with van der Waals surface area (Å²) in [6.45, 7) is 8.51. The van der Waals surface area contributed by atoms with Gasteiger partial charge in [-0.15, -0.1) is 5.10 Å². The first-order valence-electron chi connectivity index (χ1n) is 6.61. The van der Waals surface area contributed by atoms with Gasteiger partial charge < -0.3 is 5.73 Å². The summed E-state index contributed by atoms with van der Waals surface area (Å²) in [6.07, 6.45) is 2.11. The largest absolute Gasteiger partial charge is 0.399 e. The van der Waals surface area contributed by atoms with E-state index in [4.69, 9.17) is 5.73 Å². The standard InChI is InChI=1S/C14H21N5/c1-5-8-14(3,4)19-13(16-17-18-19)12-9-11(15)7-6-10(12)2/h6-7,9H,5,8,15H2,1-4H3. The lowest BCUT2D eigenvalue weighted by molar-refractivity contribution is 0.290. The first-order chi connectivity index (χ1) is 8.95. The lowest BCUT2D eigenvalue weighted by Crippen LogP contribution is -2.28. The van der Waals surface area contributed by atoms with Crippen molar-refractivity contribution in [1.82, 2.24) is 20.2 Å². The number of benzene rings is 1. The Kier molecular flexibility index (Phi) is 3.55. The van der Waals surface area contributed by atoms with Crippen LogP contribution in [0.2, 0.25) is 0 Å². The number of hydrogen-bond donors (Lipinski definition) is 1. The smallest absolute Gasteiger partial charge is 0.182 e. The van der Waals surface area contributed by atoms with Crippen molar-refractivity contribution in [2.75, 3.05) is 5.73 Å². The molecule has 5 heteroatoms. The van der Waals surface area contributed by atoms with Crippen LogP contribution in [0.1, 0.15) is 39.2 Å². The number of nitrogens with zero attached hydrogens (tertiary/aromatic N) is 4. The predicted molar refractivity (Wildman–Crippen MR) is 76.6 cm³/mol. The van der Waals surface area contributed by atoms with Crippen molar-refractivity contribution in [3.63, 3.8) is 0 Å². The molecule has 102 valence electrons. The molecule has 1 heterocycles. The molecule has 1 aromatic heterocycles. The van der Waals surface area contributed by atoms with Crippen molar-refractivity contribution in [2.45, 2.75) is 46.1 Å². The molecule has 0 bridgehead atoms. The lowest BCUT2D eigenvalue weighted by atomic mass is 9.98. The van der Waals surface area contributed by atoms with Crippen LogP contribution in [0.15, 0.2) is 18.2 Å². The van der Waals surface area contributed by atoms with Crippen LogP contribution < -0.4 is 5.73 Å². The van der Waals surface area contributed by atoms with Gasteiger partial charge in [-0.3, -0.25) is 0 Å². The molecule has 19 heavy (non-hydrogen) atoms. The summed E-state index contributed by atoms with van der Waals surface area (Å²) >= 11 is 0. The number of hydrogen-bond acceptors (Lipinski definition) is 4. The Morgan fingerprint density at radius 2 is 2.05 bits per heavy atom. The van der Waals surface area contributed by atoms with E-state index in [1.165, 1.54) is 0 Å². The Morgan fingerprint density at radius 1 is 1.32 bits per heavy atom. The van der Waals surface area contributed by atoms with Crippen LogP contribution in [-0.2, 0) is 5.54 Å². The summed E-state index contributed by atoms with van der Waals surface area (Å²) in [6, 6.07) is 5.82. The number of nitrogen functional groups attached to an aromatic ring is 1. The first kappa shape index (κ1) is 13.5. The Balaban J connectivity index is 2.53. The van der Waals surface area contributed by atoms with Crippen LogP contribution in [0.25, 0.3) is 11.4 Å². The second-order valence-electron chi connectivity index (χ2n) is 5.55. The third kappa shape index (κ3) is 2.59. The molecular weight excluding hydrogens is 238 g/mol. The minimum atomic E-state index is -0.107. The molecule has 2 aromatic rings. The van der Waals surface area contributed by atoms with Crippen LogP contribution in [0, 0.1) is 6.92 Å². The fourth-order valence-electron chi connectivity index (χ4n) is 2.36. The lowest BCUT2D eigenvalue weighted by Gasteiger charge is -2.25. The van der Waals surface area contributed by atoms with E-state index in [9.17, 15) is 0 Å². The van der Waals surface area contributed by atoms with Crippen LogP contribution in [-0.4, -0.2) is 20.2 Å². The summed E-state index contributed by atoms with van der Waals surface area (Å²) in [5.41, 5.74) is 8.61. The fourth-order valence-corrected chi connectivity index (χ4v) is 2.36. The molecule has 0 amide bonds. The number of nitrogens with two attached hydrogens (primary N) is 1. The highest BCUT2D eigenvalue weighted by Gasteiger charge is 2.25. The number of rotatable bonds is 4. The molecule has 0 unspecified atom stereocenters. The van der Waals surface area contributed by atoms with Crippen molar-refractivity contribution in [3.05, 3.63) is 23.8 Å². The summed E-state index contributed by atoms with van der Waals surface area (Å²) in [5, 5.41) is 12.2. The monoisotopic (exact) mass is 259 g/mol. The molecule has 0 aliphatic carbocycles. The highest BCUT2D eigenvalue weighted by Crippen LogP contribution is 2.29. The minimum absolute atomic E-state index is 0.107. The molecule has 0 spiro atoms. The Bertz CT molecular complexity index is 571. The molecule has 0 fully saturated rings. The zero-order valence-corrected chi connectivity index (χ0v) is 12.0. The zero-order chi connectivity index (χ0) is 14.0. The average Bonchev–Trinajstić information content (AvgIpc) is 2.82. The maximum absolute atomic E-state index is 5.87. The minimum Gasteiger partial charge on any atom is -0.399 e. The first-order valence-corrected chi connectivity index (χ1v) is 6.61. The summed E-state index contributed by atoms with van der Waals surface area (Å²) in [4.78, 5) is 0. The van der Waals surface area contributed by atoms with Gasteiger partial charge in [0, 0.05) is 11.3 Å². The third-order valence-corrected chi connectivity index (χ3v) is 3.41. The highest BCUT2D eigenvalue weighted by atomic mass is 15.6. The van der Waals surface area contributed by atoms with E-state index in [1.807, 2.05) is 29.8 Å². The van der Waals surface area contributed by atoms with Gasteiger partial charge in [-0.2, -0.15) is 0 Å². The van der Waals surface area contributed by atoms with Gasteiger partial charge >= 0.3 is 0 Å². The van der Waals surface area contributed by atoms with Gasteiger partial charge in [0.2, 0.25) is 0 Å². The summed E-state index contributed by atoms with van der Waals surface area (Å²) < 4.78 is 1.90. The van der Waals surface area contributed by atoms with Gasteiger partial charge in [-0.05, 0) is 55.3 Å². The predicted octanol–water partition coefficient (Wildman–Crippen LogP) is 2.77. The SMILES string of the molecule is CCCC(C)(C)n1nnnc1-c1cc(N)ccc1C. The van der Waals surface area contributed by atoms with Gasteiger partial charge in [-0.25, -0.2) is 4.68 Å². The normalized spacial score (nSPS) is 11.8. The van der Waals surface area contributed by atoms with Gasteiger partial charge in [0.15, 0.2) is 5.82 Å². The molecule has 5 nitrogen and oxygen atoms in total. The maximum atomic E-state index is 5.87. The summed E-state index contributed by atoms with van der Waals surface area (Å²) in [7, 11) is 0. The molecule has 0 aliphatic heterocycles. The number of anilines is 1. The van der Waals surface area contributed by atoms with Crippen molar-refractivity contribution in [1.29, 1.82) is 0 Å². The molecule has 2 N–H and O–H groups in total. The van der Waals surface area contributed by atoms with Crippen LogP contribution >= 0.6 is 0 Å². The van der Waals surface area contributed by atoms with E-state index in [0.29, 0.717) is 0 Å². The highest BCUT2D eigenvalue weighted by molar-refractivity contribution is 5.65. The maximum Gasteiger partial charge on any atom is 0.182 e. The topological polar surface area (TPSA) is 69.6 Å². The molecule has 0 atom stereocenters. The Hall–Kier alpha value is -1.91. The molecule has 0 radical (unpaired) electrons. The van der Waals surface area contributed by atoms with Crippen molar-refractivity contribution in [2.24, 2.45) is 0 Å². The van der Waals surface area contributed by atoms with Crippen LogP contribution in [0.3, 0.4) is 0 Å². The van der Waals surface area contributed by atoms with Gasteiger partial charge in [0.25, 0.3) is 0 Å². The summed E-state index contributed by atoms with van der Waals surface area (Å²) in [5.74, 6) is 0.781. The molecule has 1 aromatic carbocycles. The molecule has 0 saturated heterocycles. The van der Waals surface area contributed by atoms with Crippen LogP contribution in [0.4, 0.5) is 5.69 Å². The van der Waals surface area contributed by atoms with E-state index in [1.54, 1.807) is 0 Å². The van der Waals surface area contributed by atoms with Gasteiger partial charge in [0.05, 0.1) is 5.54 Å². The molecule has 0 saturated carbocycles. The average molecular weight is 259 g/mol. The quantitative estimate of drug-likeness (QED) is 0.857. The number of tetrazole rings is 1. The van der Waals surface area contributed by atoms with E-state index < -0.39 is 0 Å². The van der Waals surface area contributed by atoms with Gasteiger partial charge in [0.1, 0.15) is 0 Å².